The molecule has 0 spiro atoms. The van der Waals surface area contributed by atoms with Crippen LogP contribution >= 0.6 is 11.3 Å². The van der Waals surface area contributed by atoms with Gasteiger partial charge in [0.2, 0.25) is 0 Å². The van der Waals surface area contributed by atoms with Crippen LogP contribution < -0.4 is 15.5 Å². The minimum absolute atomic E-state index is 0.569. The summed E-state index contributed by atoms with van der Waals surface area (Å²) in [6.45, 7) is 3.94. The van der Waals surface area contributed by atoms with Crippen molar-refractivity contribution in [2.45, 2.75) is 19.9 Å². The lowest BCUT2D eigenvalue weighted by molar-refractivity contribution is 0.562. The smallest absolute Gasteiger partial charge is 0.191 e. The predicted molar refractivity (Wildman–Crippen MR) is 106 cm³/mol. The van der Waals surface area contributed by atoms with E-state index in [1.54, 1.807) is 0 Å². The Morgan fingerprint density at radius 1 is 1.21 bits per heavy atom. The molecule has 0 bridgehead atoms. The number of guanidine groups is 1. The molecule has 1 unspecified atom stereocenters. The van der Waals surface area contributed by atoms with E-state index >= 15 is 0 Å². The number of benzene rings is 1. The molecule has 2 rings (SSSR count). The van der Waals surface area contributed by atoms with E-state index in [9.17, 15) is 0 Å². The van der Waals surface area contributed by atoms with Gasteiger partial charge in [-0.3, -0.25) is 4.99 Å². The number of rotatable bonds is 7. The van der Waals surface area contributed by atoms with Crippen LogP contribution in [0, 0.1) is 5.92 Å². The second-order valence-corrected chi connectivity index (χ2v) is 7.29. The molecule has 0 amide bonds. The summed E-state index contributed by atoms with van der Waals surface area (Å²) >= 11 is 1.82. The Morgan fingerprint density at radius 3 is 2.71 bits per heavy atom. The summed E-state index contributed by atoms with van der Waals surface area (Å²) < 4.78 is 0. The van der Waals surface area contributed by atoms with Gasteiger partial charge in [-0.1, -0.05) is 25.1 Å². The maximum Gasteiger partial charge on any atom is 0.191 e. The van der Waals surface area contributed by atoms with Gasteiger partial charge in [-0.15, -0.1) is 11.3 Å². The lowest BCUT2D eigenvalue weighted by Gasteiger charge is -2.17. The van der Waals surface area contributed by atoms with Gasteiger partial charge in [0.05, 0.1) is 0 Å². The molecule has 0 radical (unpaired) electrons. The van der Waals surface area contributed by atoms with Crippen LogP contribution in [0.1, 0.15) is 17.4 Å². The van der Waals surface area contributed by atoms with E-state index in [2.05, 4.69) is 83.3 Å². The zero-order chi connectivity index (χ0) is 17.4. The third-order valence-corrected chi connectivity index (χ3v) is 4.76. The van der Waals surface area contributed by atoms with Crippen molar-refractivity contribution < 1.29 is 0 Å². The Bertz CT molecular complexity index is 635. The Balaban J connectivity index is 1.79. The molecule has 4 nitrogen and oxygen atoms in total. The van der Waals surface area contributed by atoms with Crippen molar-refractivity contribution in [3.05, 3.63) is 52.2 Å². The Hall–Kier alpha value is -2.01. The van der Waals surface area contributed by atoms with Crippen LogP contribution in [-0.2, 0) is 13.0 Å². The highest BCUT2D eigenvalue weighted by Gasteiger charge is 2.06. The van der Waals surface area contributed by atoms with Gasteiger partial charge in [0.25, 0.3) is 0 Å². The summed E-state index contributed by atoms with van der Waals surface area (Å²) in [5, 5.41) is 8.95. The largest absolute Gasteiger partial charge is 0.378 e. The maximum atomic E-state index is 4.32. The minimum Gasteiger partial charge on any atom is -0.378 e. The van der Waals surface area contributed by atoms with Gasteiger partial charge >= 0.3 is 0 Å². The molecule has 2 N–H and O–H groups in total. The van der Waals surface area contributed by atoms with Crippen LogP contribution in [0.15, 0.2) is 46.8 Å². The summed E-state index contributed by atoms with van der Waals surface area (Å²) in [6, 6.07) is 12.8. The molecule has 1 heterocycles. The van der Waals surface area contributed by atoms with Crippen LogP contribution in [0.5, 0.6) is 0 Å². The van der Waals surface area contributed by atoms with E-state index in [1.807, 2.05) is 18.4 Å². The Kier molecular flexibility index (Phi) is 7.12. The van der Waals surface area contributed by atoms with Crippen molar-refractivity contribution >= 4 is 23.0 Å². The molecular weight excluding hydrogens is 316 g/mol. The first-order chi connectivity index (χ1) is 11.6. The first-order valence-electron chi connectivity index (χ1n) is 8.31. The molecule has 2 aromatic rings. The number of nitrogens with one attached hydrogen (secondary N) is 2. The molecule has 1 aromatic carbocycles. The fourth-order valence-electron chi connectivity index (χ4n) is 2.47. The van der Waals surface area contributed by atoms with E-state index in [1.165, 1.54) is 16.1 Å². The lowest BCUT2D eigenvalue weighted by atomic mass is 10.1. The molecule has 1 atom stereocenters. The number of anilines is 1. The van der Waals surface area contributed by atoms with E-state index < -0.39 is 0 Å². The SMILES string of the molecule is CN=C(NCc1cccc(N(C)C)c1)NCC(C)Cc1cccs1. The fourth-order valence-corrected chi connectivity index (χ4v) is 3.34. The van der Waals surface area contributed by atoms with Crippen molar-refractivity contribution in [3.8, 4) is 0 Å². The van der Waals surface area contributed by atoms with Crippen molar-refractivity contribution in [3.63, 3.8) is 0 Å². The van der Waals surface area contributed by atoms with Crippen LogP contribution in [0.3, 0.4) is 0 Å². The molecule has 0 aliphatic heterocycles. The average Bonchev–Trinajstić information content (AvgIpc) is 3.08. The van der Waals surface area contributed by atoms with Crippen molar-refractivity contribution in [1.82, 2.24) is 10.6 Å². The molecule has 1 aromatic heterocycles. The highest BCUT2D eigenvalue weighted by Crippen LogP contribution is 2.14. The zero-order valence-corrected chi connectivity index (χ0v) is 15.9. The van der Waals surface area contributed by atoms with Gasteiger partial charge < -0.3 is 15.5 Å². The zero-order valence-electron chi connectivity index (χ0n) is 15.0. The lowest BCUT2D eigenvalue weighted by Crippen LogP contribution is -2.39. The third-order valence-electron chi connectivity index (χ3n) is 3.86. The minimum atomic E-state index is 0.569. The molecule has 0 fully saturated rings. The van der Waals surface area contributed by atoms with E-state index in [0.29, 0.717) is 5.92 Å². The quantitative estimate of drug-likeness (QED) is 0.598. The van der Waals surface area contributed by atoms with E-state index in [-0.39, 0.29) is 0 Å². The van der Waals surface area contributed by atoms with Crippen LogP contribution in [0.4, 0.5) is 5.69 Å². The molecule has 130 valence electrons. The summed E-state index contributed by atoms with van der Waals surface area (Å²) in [7, 11) is 5.93. The van der Waals surface area contributed by atoms with E-state index in [4.69, 9.17) is 0 Å². The molecule has 24 heavy (non-hydrogen) atoms. The molecule has 0 saturated heterocycles. The van der Waals surface area contributed by atoms with Gasteiger partial charge in [0, 0.05) is 44.8 Å². The number of hydrogen-bond donors (Lipinski definition) is 2. The topological polar surface area (TPSA) is 39.7 Å². The molecule has 0 aliphatic rings. The number of hydrogen-bond acceptors (Lipinski definition) is 3. The van der Waals surface area contributed by atoms with Gasteiger partial charge in [-0.25, -0.2) is 0 Å². The van der Waals surface area contributed by atoms with Crippen LogP contribution in [0.2, 0.25) is 0 Å². The summed E-state index contributed by atoms with van der Waals surface area (Å²) in [5.41, 5.74) is 2.46. The molecule has 5 heteroatoms. The average molecular weight is 345 g/mol. The number of aliphatic imine (C=N–C) groups is 1. The second kappa shape index (κ2) is 9.33. The monoisotopic (exact) mass is 344 g/mol. The number of thiophene rings is 1. The van der Waals surface area contributed by atoms with Gasteiger partial charge in [0.1, 0.15) is 0 Å². The maximum absolute atomic E-state index is 4.32. The van der Waals surface area contributed by atoms with Crippen LogP contribution in [0.25, 0.3) is 0 Å². The molecule has 0 aliphatic carbocycles. The van der Waals surface area contributed by atoms with E-state index in [0.717, 1.165) is 25.5 Å². The number of nitrogens with zero attached hydrogens (tertiary/aromatic N) is 2. The highest BCUT2D eigenvalue weighted by atomic mass is 32.1. The standard InChI is InChI=1S/C19H28N4S/c1-15(11-18-9-6-10-24-18)13-21-19(20-2)22-14-16-7-5-8-17(12-16)23(3)4/h5-10,12,15H,11,13-14H2,1-4H3,(H2,20,21,22). The van der Waals surface area contributed by atoms with Crippen molar-refractivity contribution in [2.24, 2.45) is 10.9 Å². The highest BCUT2D eigenvalue weighted by molar-refractivity contribution is 7.09. The molecule has 0 saturated carbocycles. The molecular formula is C19H28N4S. The first kappa shape index (κ1) is 18.3. The van der Waals surface area contributed by atoms with Gasteiger partial charge in [-0.05, 0) is 41.5 Å². The van der Waals surface area contributed by atoms with Gasteiger partial charge in [0.15, 0.2) is 5.96 Å². The normalized spacial score (nSPS) is 12.8. The Labute approximate surface area is 149 Å². The van der Waals surface area contributed by atoms with Gasteiger partial charge in [-0.2, -0.15) is 0 Å². The predicted octanol–water partition coefficient (Wildman–Crippen LogP) is 3.36. The Morgan fingerprint density at radius 2 is 2.04 bits per heavy atom. The second-order valence-electron chi connectivity index (χ2n) is 6.26. The van der Waals surface area contributed by atoms with Crippen LogP contribution in [-0.4, -0.2) is 33.6 Å². The first-order valence-corrected chi connectivity index (χ1v) is 9.19. The van der Waals surface area contributed by atoms with Crippen molar-refractivity contribution in [1.29, 1.82) is 0 Å². The fraction of sp³-hybridized carbons (Fsp3) is 0.421. The summed E-state index contributed by atoms with van der Waals surface area (Å²) in [5.74, 6) is 1.42. The summed E-state index contributed by atoms with van der Waals surface area (Å²) in [4.78, 5) is 7.87. The third kappa shape index (κ3) is 5.89. The summed E-state index contributed by atoms with van der Waals surface area (Å²) in [6.07, 6.45) is 1.10. The van der Waals surface area contributed by atoms with Crippen molar-refractivity contribution in [2.75, 3.05) is 32.6 Å².